The Hall–Kier alpha value is -2.49. The maximum Gasteiger partial charge on any atom is 0.255 e. The van der Waals surface area contributed by atoms with Gasteiger partial charge in [-0.15, -0.1) is 0 Å². The van der Waals surface area contributed by atoms with Crippen molar-refractivity contribution >= 4 is 11.6 Å². The number of benzene rings is 2. The third-order valence-electron chi connectivity index (χ3n) is 2.74. The van der Waals surface area contributed by atoms with Gasteiger partial charge in [-0.2, -0.15) is 0 Å². The van der Waals surface area contributed by atoms with E-state index in [9.17, 15) is 9.90 Å². The van der Waals surface area contributed by atoms with Gasteiger partial charge < -0.3 is 15.2 Å². The molecule has 1 amide bonds. The molecule has 2 aromatic carbocycles. The molecule has 0 radical (unpaired) electrons. The molecule has 20 heavy (non-hydrogen) atoms. The fourth-order valence-corrected chi connectivity index (χ4v) is 1.70. The summed E-state index contributed by atoms with van der Waals surface area (Å²) in [6.45, 7) is 2.69. The first-order valence-electron chi connectivity index (χ1n) is 6.53. The molecular weight excluding hydrogens is 254 g/mol. The van der Waals surface area contributed by atoms with E-state index in [1.807, 2.05) is 6.92 Å². The van der Waals surface area contributed by atoms with Gasteiger partial charge in [-0.05, 0) is 42.8 Å². The lowest BCUT2D eigenvalue weighted by Gasteiger charge is -2.08. The van der Waals surface area contributed by atoms with E-state index in [-0.39, 0.29) is 11.7 Å². The molecule has 0 spiro atoms. The van der Waals surface area contributed by atoms with Crippen molar-refractivity contribution in [2.75, 3.05) is 11.9 Å². The predicted octanol–water partition coefficient (Wildman–Crippen LogP) is 3.43. The highest BCUT2D eigenvalue weighted by atomic mass is 16.5. The van der Waals surface area contributed by atoms with Crippen LogP contribution >= 0.6 is 0 Å². The highest BCUT2D eigenvalue weighted by molar-refractivity contribution is 6.05. The second kappa shape index (κ2) is 6.61. The van der Waals surface area contributed by atoms with Crippen LogP contribution in [0.1, 0.15) is 23.7 Å². The number of carbonyl (C=O) groups is 1. The number of phenols is 1. The Morgan fingerprint density at radius 2 is 1.85 bits per heavy atom. The van der Waals surface area contributed by atoms with Crippen LogP contribution in [0.5, 0.6) is 11.5 Å². The van der Waals surface area contributed by atoms with Gasteiger partial charge in [0.25, 0.3) is 5.91 Å². The lowest BCUT2D eigenvalue weighted by Crippen LogP contribution is -2.11. The largest absolute Gasteiger partial charge is 0.506 e. The Kier molecular flexibility index (Phi) is 4.60. The third-order valence-corrected chi connectivity index (χ3v) is 2.74. The number of amides is 1. The monoisotopic (exact) mass is 271 g/mol. The summed E-state index contributed by atoms with van der Waals surface area (Å²) in [5.74, 6) is 0.517. The minimum atomic E-state index is -0.270. The number of hydrogen-bond donors (Lipinski definition) is 2. The van der Waals surface area contributed by atoms with Crippen LogP contribution in [-0.2, 0) is 0 Å². The van der Waals surface area contributed by atoms with E-state index in [1.165, 1.54) is 6.07 Å². The average Bonchev–Trinajstić information content (AvgIpc) is 2.48. The molecule has 2 N–H and O–H groups in total. The number of rotatable bonds is 5. The molecule has 0 atom stereocenters. The second-order valence-corrected chi connectivity index (χ2v) is 4.34. The van der Waals surface area contributed by atoms with Gasteiger partial charge in [0.15, 0.2) is 0 Å². The Labute approximate surface area is 118 Å². The molecular formula is C16H17NO3. The molecule has 0 aliphatic heterocycles. The normalized spacial score (nSPS) is 10.1. The van der Waals surface area contributed by atoms with E-state index in [0.717, 1.165) is 12.2 Å². The van der Waals surface area contributed by atoms with E-state index >= 15 is 0 Å². The number of ether oxygens (including phenoxy) is 1. The van der Waals surface area contributed by atoms with Gasteiger partial charge >= 0.3 is 0 Å². The Bertz CT molecular complexity index is 579. The van der Waals surface area contributed by atoms with E-state index in [0.29, 0.717) is 17.9 Å². The number of phenolic OH excluding ortho intramolecular Hbond substituents is 1. The first kappa shape index (κ1) is 13.9. The number of hydrogen-bond acceptors (Lipinski definition) is 3. The average molecular weight is 271 g/mol. The summed E-state index contributed by atoms with van der Waals surface area (Å²) >= 11 is 0. The van der Waals surface area contributed by atoms with Crippen molar-refractivity contribution in [1.82, 2.24) is 0 Å². The van der Waals surface area contributed by atoms with Gasteiger partial charge in [-0.1, -0.05) is 19.1 Å². The first-order valence-corrected chi connectivity index (χ1v) is 6.53. The zero-order valence-corrected chi connectivity index (χ0v) is 11.3. The molecule has 2 rings (SSSR count). The maximum absolute atomic E-state index is 12.0. The second-order valence-electron chi connectivity index (χ2n) is 4.34. The minimum Gasteiger partial charge on any atom is -0.506 e. The highest BCUT2D eigenvalue weighted by Gasteiger charge is 2.08. The van der Waals surface area contributed by atoms with Gasteiger partial charge in [0.1, 0.15) is 11.5 Å². The van der Waals surface area contributed by atoms with Gasteiger partial charge in [0.05, 0.1) is 12.3 Å². The summed E-state index contributed by atoms with van der Waals surface area (Å²) in [7, 11) is 0. The molecule has 0 heterocycles. The Morgan fingerprint density at radius 3 is 2.50 bits per heavy atom. The lowest BCUT2D eigenvalue weighted by atomic mass is 10.2. The molecule has 4 nitrogen and oxygen atoms in total. The smallest absolute Gasteiger partial charge is 0.255 e. The summed E-state index contributed by atoms with van der Waals surface area (Å²) in [5.41, 5.74) is 0.904. The zero-order chi connectivity index (χ0) is 14.4. The van der Waals surface area contributed by atoms with Crippen LogP contribution in [0.15, 0.2) is 48.5 Å². The fraction of sp³-hybridized carbons (Fsp3) is 0.188. The van der Waals surface area contributed by atoms with Crippen molar-refractivity contribution in [1.29, 1.82) is 0 Å². The lowest BCUT2D eigenvalue weighted by molar-refractivity contribution is 0.102. The minimum absolute atomic E-state index is 0.0451. The van der Waals surface area contributed by atoms with Crippen LogP contribution in [0, 0.1) is 0 Å². The predicted molar refractivity (Wildman–Crippen MR) is 78.3 cm³/mol. The van der Waals surface area contributed by atoms with Crippen molar-refractivity contribution in [3.8, 4) is 11.5 Å². The van der Waals surface area contributed by atoms with Gasteiger partial charge in [0, 0.05) is 5.56 Å². The maximum atomic E-state index is 12.0. The Balaban J connectivity index is 2.04. The van der Waals surface area contributed by atoms with Gasteiger partial charge in [-0.3, -0.25) is 4.79 Å². The molecule has 0 saturated carbocycles. The number of carbonyl (C=O) groups excluding carboxylic acids is 1. The van der Waals surface area contributed by atoms with Crippen LogP contribution in [0.3, 0.4) is 0 Å². The van der Waals surface area contributed by atoms with Crippen LogP contribution in [0.2, 0.25) is 0 Å². The van der Waals surface area contributed by atoms with Crippen LogP contribution in [-0.4, -0.2) is 17.6 Å². The van der Waals surface area contributed by atoms with Gasteiger partial charge in [-0.25, -0.2) is 0 Å². The molecule has 2 aromatic rings. The molecule has 0 bridgehead atoms. The number of nitrogens with one attached hydrogen (secondary N) is 1. The molecule has 0 aliphatic rings. The van der Waals surface area contributed by atoms with Crippen LogP contribution in [0.25, 0.3) is 0 Å². The van der Waals surface area contributed by atoms with Crippen molar-refractivity contribution in [3.05, 3.63) is 54.1 Å². The summed E-state index contributed by atoms with van der Waals surface area (Å²) in [6, 6.07) is 13.5. The molecule has 0 aliphatic carbocycles. The van der Waals surface area contributed by atoms with E-state index in [2.05, 4.69) is 5.32 Å². The van der Waals surface area contributed by atoms with E-state index < -0.39 is 0 Å². The topological polar surface area (TPSA) is 58.6 Å². The summed E-state index contributed by atoms with van der Waals surface area (Å²) in [4.78, 5) is 12.0. The van der Waals surface area contributed by atoms with Crippen LogP contribution < -0.4 is 10.1 Å². The van der Waals surface area contributed by atoms with Crippen LogP contribution in [0.4, 0.5) is 5.69 Å². The Morgan fingerprint density at radius 1 is 1.15 bits per heavy atom. The van der Waals surface area contributed by atoms with Crippen molar-refractivity contribution in [2.24, 2.45) is 0 Å². The molecule has 0 unspecified atom stereocenters. The molecule has 0 aromatic heterocycles. The summed E-state index contributed by atoms with van der Waals surface area (Å²) in [5, 5.41) is 12.3. The van der Waals surface area contributed by atoms with Crippen molar-refractivity contribution < 1.29 is 14.6 Å². The summed E-state index contributed by atoms with van der Waals surface area (Å²) in [6.07, 6.45) is 0.940. The quantitative estimate of drug-likeness (QED) is 0.819. The third kappa shape index (κ3) is 3.51. The fourth-order valence-electron chi connectivity index (χ4n) is 1.70. The number of aromatic hydroxyl groups is 1. The highest BCUT2D eigenvalue weighted by Crippen LogP contribution is 2.22. The van der Waals surface area contributed by atoms with E-state index in [1.54, 1.807) is 42.5 Å². The van der Waals surface area contributed by atoms with Crippen molar-refractivity contribution in [2.45, 2.75) is 13.3 Å². The molecule has 104 valence electrons. The van der Waals surface area contributed by atoms with E-state index in [4.69, 9.17) is 4.74 Å². The first-order chi connectivity index (χ1) is 9.70. The molecule has 0 saturated heterocycles. The number of para-hydroxylation sites is 2. The van der Waals surface area contributed by atoms with Crippen molar-refractivity contribution in [3.63, 3.8) is 0 Å². The SMILES string of the molecule is CCCOc1ccc(C(=O)Nc2ccccc2O)cc1. The summed E-state index contributed by atoms with van der Waals surface area (Å²) < 4.78 is 5.46. The van der Waals surface area contributed by atoms with Gasteiger partial charge in [0.2, 0.25) is 0 Å². The zero-order valence-electron chi connectivity index (χ0n) is 11.3. The number of anilines is 1. The molecule has 0 fully saturated rings. The molecule has 4 heteroatoms. The standard InChI is InChI=1S/C16H17NO3/c1-2-11-20-13-9-7-12(8-10-13)16(19)17-14-5-3-4-6-15(14)18/h3-10,18H,2,11H2,1H3,(H,17,19).